The smallest absolute Gasteiger partial charge is 0.358 e. The molecule has 8 nitrogen and oxygen atoms in total. The zero-order valence-corrected chi connectivity index (χ0v) is 15.3. The molecule has 0 unspecified atom stereocenters. The molecule has 0 saturated heterocycles. The van der Waals surface area contributed by atoms with E-state index in [1.807, 2.05) is 13.8 Å². The van der Waals surface area contributed by atoms with Gasteiger partial charge < -0.3 is 15.4 Å². The Kier molecular flexibility index (Phi) is 6.02. The normalized spacial score (nSPS) is 10.7. The van der Waals surface area contributed by atoms with Crippen molar-refractivity contribution in [3.63, 3.8) is 0 Å². The van der Waals surface area contributed by atoms with Crippen molar-refractivity contribution in [3.8, 4) is 0 Å². The van der Waals surface area contributed by atoms with Crippen molar-refractivity contribution in [1.29, 1.82) is 0 Å². The van der Waals surface area contributed by atoms with Crippen molar-refractivity contribution in [2.45, 2.75) is 26.8 Å². The number of aromatic nitrogens is 2. The number of hydrogen-bond acceptors (Lipinski definition) is 5. The van der Waals surface area contributed by atoms with Gasteiger partial charge in [-0.25, -0.2) is 0 Å². The van der Waals surface area contributed by atoms with Crippen LogP contribution < -0.4 is 5.32 Å². The summed E-state index contributed by atoms with van der Waals surface area (Å²) < 4.78 is 1.43. The Morgan fingerprint density at radius 2 is 1.96 bits per heavy atom. The quantitative estimate of drug-likeness (QED) is 0.428. The van der Waals surface area contributed by atoms with E-state index >= 15 is 0 Å². The maximum absolute atomic E-state index is 12.3. The minimum absolute atomic E-state index is 0.0808. The summed E-state index contributed by atoms with van der Waals surface area (Å²) in [5.41, 5.74) is 1.04. The first-order valence-corrected chi connectivity index (χ1v) is 8.36. The number of benzene rings is 1. The van der Waals surface area contributed by atoms with Gasteiger partial charge in [0.2, 0.25) is 5.91 Å². The summed E-state index contributed by atoms with van der Waals surface area (Å²) in [6.07, 6.45) is 1.81. The zero-order chi connectivity index (χ0) is 18.6. The van der Waals surface area contributed by atoms with Gasteiger partial charge in [0.25, 0.3) is 0 Å². The first-order chi connectivity index (χ1) is 11.8. The number of rotatable bonds is 7. The predicted molar refractivity (Wildman–Crippen MR) is 95.4 cm³/mol. The molecular formula is C16H17BrN4O4. The van der Waals surface area contributed by atoms with Crippen LogP contribution in [0.3, 0.4) is 0 Å². The van der Waals surface area contributed by atoms with Gasteiger partial charge in [-0.05, 0) is 51.0 Å². The molecule has 1 aromatic carbocycles. The highest BCUT2D eigenvalue weighted by molar-refractivity contribution is 9.10. The lowest BCUT2D eigenvalue weighted by Gasteiger charge is -2.07. The average Bonchev–Trinajstić information content (AvgIpc) is 2.87. The largest absolute Gasteiger partial charge is 0.404 e. The molecule has 1 amide bonds. The number of amides is 1. The van der Waals surface area contributed by atoms with Crippen molar-refractivity contribution in [2.75, 3.05) is 5.32 Å². The number of hydrogen-bond donors (Lipinski definition) is 1. The van der Waals surface area contributed by atoms with Gasteiger partial charge in [0.15, 0.2) is 5.78 Å². The predicted octanol–water partition coefficient (Wildman–Crippen LogP) is 3.42. The van der Waals surface area contributed by atoms with Crippen LogP contribution in [0.5, 0.6) is 0 Å². The number of carbonyl (C=O) groups excluding carboxylic acids is 2. The highest BCUT2D eigenvalue weighted by Gasteiger charge is 2.20. The molecule has 0 atom stereocenters. The first-order valence-electron chi connectivity index (χ1n) is 7.56. The number of anilines is 1. The Balaban J connectivity index is 2.02. The molecule has 2 rings (SSSR count). The Hall–Kier alpha value is -2.55. The van der Waals surface area contributed by atoms with E-state index < -0.39 is 4.92 Å². The number of nitrogens with zero attached hydrogens (tertiary/aromatic N) is 3. The van der Waals surface area contributed by atoms with E-state index in [1.165, 1.54) is 10.9 Å². The summed E-state index contributed by atoms with van der Waals surface area (Å²) in [5.74, 6) is -0.401. The second-order valence-electron chi connectivity index (χ2n) is 5.90. The number of Topliss-reactive ketones (excluding diaryl/α,β-unsaturated/α-hetero) is 1. The lowest BCUT2D eigenvalue weighted by molar-refractivity contribution is -0.390. The molecule has 25 heavy (non-hydrogen) atoms. The van der Waals surface area contributed by atoms with E-state index in [9.17, 15) is 19.7 Å². The molecular weight excluding hydrogens is 392 g/mol. The van der Waals surface area contributed by atoms with Crippen LogP contribution >= 0.6 is 15.9 Å². The van der Waals surface area contributed by atoms with E-state index in [2.05, 4.69) is 26.3 Å². The van der Waals surface area contributed by atoms with E-state index in [0.29, 0.717) is 17.7 Å². The van der Waals surface area contributed by atoms with Gasteiger partial charge in [0.05, 0.1) is 11.3 Å². The molecule has 1 heterocycles. The van der Waals surface area contributed by atoms with Crippen molar-refractivity contribution in [2.24, 2.45) is 5.92 Å². The van der Waals surface area contributed by atoms with Gasteiger partial charge in [0.1, 0.15) is 11.0 Å². The number of ketones is 1. The number of nitrogens with one attached hydrogen (secondary N) is 1. The minimum Gasteiger partial charge on any atom is -0.358 e. The number of carbonyl (C=O) groups is 2. The van der Waals surface area contributed by atoms with Crippen molar-refractivity contribution in [1.82, 2.24) is 9.78 Å². The van der Waals surface area contributed by atoms with Gasteiger partial charge in [-0.15, -0.1) is 0 Å². The molecule has 132 valence electrons. The fourth-order valence-corrected chi connectivity index (χ4v) is 2.61. The Bertz CT molecular complexity index is 799. The summed E-state index contributed by atoms with van der Waals surface area (Å²) >= 11 is 3.04. The van der Waals surface area contributed by atoms with Gasteiger partial charge in [-0.2, -0.15) is 4.68 Å². The first kappa shape index (κ1) is 18.8. The van der Waals surface area contributed by atoms with Crippen LogP contribution in [0.4, 0.5) is 11.5 Å². The van der Waals surface area contributed by atoms with Crippen LogP contribution in [-0.2, 0) is 11.3 Å². The lowest BCUT2D eigenvalue weighted by Crippen LogP contribution is -2.14. The highest BCUT2D eigenvalue weighted by atomic mass is 79.9. The molecule has 1 aromatic heterocycles. The molecule has 0 bridgehead atoms. The van der Waals surface area contributed by atoms with Crippen molar-refractivity contribution < 1.29 is 14.5 Å². The second kappa shape index (κ2) is 8.02. The van der Waals surface area contributed by atoms with Gasteiger partial charge in [-0.1, -0.05) is 13.8 Å². The third-order valence-electron chi connectivity index (χ3n) is 3.26. The molecule has 1 N–H and O–H groups in total. The number of halogens is 1. The molecule has 0 fully saturated rings. The monoisotopic (exact) mass is 408 g/mol. The lowest BCUT2D eigenvalue weighted by atomic mass is 10.1. The summed E-state index contributed by atoms with van der Waals surface area (Å²) in [6, 6.07) is 6.49. The summed E-state index contributed by atoms with van der Waals surface area (Å²) in [7, 11) is 0. The SMILES string of the molecule is CC(C)CC(=O)Nc1ccc(C(=O)Cn2cc(Br)c([N+](=O)[O-])n2)cc1. The topological polar surface area (TPSA) is 107 Å². The van der Waals surface area contributed by atoms with Gasteiger partial charge >= 0.3 is 5.82 Å². The average molecular weight is 409 g/mol. The van der Waals surface area contributed by atoms with E-state index in [4.69, 9.17) is 0 Å². The fourth-order valence-electron chi connectivity index (χ4n) is 2.15. The third kappa shape index (κ3) is 5.21. The van der Waals surface area contributed by atoms with E-state index in [-0.39, 0.29) is 34.4 Å². The van der Waals surface area contributed by atoms with Crippen LogP contribution in [0.25, 0.3) is 0 Å². The van der Waals surface area contributed by atoms with Crippen LogP contribution in [0.2, 0.25) is 0 Å². The van der Waals surface area contributed by atoms with Crippen molar-refractivity contribution >= 4 is 39.1 Å². The maximum Gasteiger partial charge on any atom is 0.404 e. The molecule has 0 saturated carbocycles. The van der Waals surface area contributed by atoms with Gasteiger partial charge in [-0.3, -0.25) is 9.59 Å². The van der Waals surface area contributed by atoms with E-state index in [0.717, 1.165) is 0 Å². The molecule has 0 aliphatic carbocycles. The Labute approximate surface area is 152 Å². The molecule has 9 heteroatoms. The molecule has 0 aliphatic heterocycles. The summed E-state index contributed by atoms with van der Waals surface area (Å²) in [6.45, 7) is 3.80. The molecule has 2 aromatic rings. The summed E-state index contributed by atoms with van der Waals surface area (Å²) in [4.78, 5) is 34.1. The number of nitro groups is 1. The maximum atomic E-state index is 12.3. The fraction of sp³-hybridized carbons (Fsp3) is 0.312. The van der Waals surface area contributed by atoms with Crippen molar-refractivity contribution in [3.05, 3.63) is 50.6 Å². The van der Waals surface area contributed by atoms with Gasteiger partial charge in [0, 0.05) is 17.7 Å². The molecule has 0 radical (unpaired) electrons. The second-order valence-corrected chi connectivity index (χ2v) is 6.76. The highest BCUT2D eigenvalue weighted by Crippen LogP contribution is 2.22. The van der Waals surface area contributed by atoms with Crippen LogP contribution in [0.15, 0.2) is 34.9 Å². The standard InChI is InChI=1S/C16H17BrN4O4/c1-10(2)7-15(23)18-12-5-3-11(4-6-12)14(22)9-20-8-13(17)16(19-20)21(24)25/h3-6,8,10H,7,9H2,1-2H3,(H,18,23). The molecule has 0 spiro atoms. The minimum atomic E-state index is -0.625. The zero-order valence-electron chi connectivity index (χ0n) is 13.7. The Morgan fingerprint density at radius 3 is 2.48 bits per heavy atom. The van der Waals surface area contributed by atoms with Crippen LogP contribution in [0, 0.1) is 16.0 Å². The Morgan fingerprint density at radius 1 is 1.32 bits per heavy atom. The molecule has 0 aliphatic rings. The van der Waals surface area contributed by atoms with E-state index in [1.54, 1.807) is 24.3 Å². The van der Waals surface area contributed by atoms with Crippen LogP contribution in [-0.4, -0.2) is 26.4 Å². The summed E-state index contributed by atoms with van der Waals surface area (Å²) in [5, 5.41) is 17.3. The third-order valence-corrected chi connectivity index (χ3v) is 3.82. The van der Waals surface area contributed by atoms with Crippen LogP contribution in [0.1, 0.15) is 30.6 Å².